The van der Waals surface area contributed by atoms with Gasteiger partial charge in [0, 0.05) is 11.0 Å². The Labute approximate surface area is 90.0 Å². The minimum Gasteiger partial charge on any atom is -0.368 e. The van der Waals surface area contributed by atoms with E-state index in [0.717, 1.165) is 0 Å². The van der Waals surface area contributed by atoms with Crippen LogP contribution in [0.3, 0.4) is 0 Å². The maximum Gasteiger partial charge on any atom is 0.401 e. The van der Waals surface area contributed by atoms with E-state index in [0.29, 0.717) is 12.2 Å². The Morgan fingerprint density at radius 1 is 1.67 bits per heavy atom. The number of rotatable bonds is 3. The van der Waals surface area contributed by atoms with Gasteiger partial charge in [0.05, 0.1) is 6.54 Å². The van der Waals surface area contributed by atoms with Crippen molar-refractivity contribution < 1.29 is 18.0 Å². The van der Waals surface area contributed by atoms with Crippen LogP contribution < -0.4 is 11.1 Å². The van der Waals surface area contributed by atoms with Crippen molar-refractivity contribution in [2.75, 3.05) is 12.3 Å². The molecule has 0 radical (unpaired) electrons. The number of carbonyl (C=O) groups is 1. The summed E-state index contributed by atoms with van der Waals surface area (Å²) in [5, 5.41) is 2.40. The number of nitrogens with two attached hydrogens (primary N) is 1. The van der Waals surface area contributed by atoms with Crippen LogP contribution in [0.25, 0.3) is 0 Å². The molecule has 0 aromatic rings. The second-order valence-electron chi connectivity index (χ2n) is 3.74. The first kappa shape index (κ1) is 12.6. The van der Waals surface area contributed by atoms with Crippen LogP contribution in [0.4, 0.5) is 13.2 Å². The predicted octanol–water partition coefficient (Wildman–Crippen LogP) is 0.888. The smallest absolute Gasteiger partial charge is 0.368 e. The van der Waals surface area contributed by atoms with Gasteiger partial charge in [0.25, 0.3) is 0 Å². The van der Waals surface area contributed by atoms with Crippen LogP contribution in [-0.2, 0) is 4.79 Å². The molecule has 1 saturated heterocycles. The van der Waals surface area contributed by atoms with Gasteiger partial charge in [-0.3, -0.25) is 10.1 Å². The molecule has 1 amide bonds. The van der Waals surface area contributed by atoms with Crippen LogP contribution in [-0.4, -0.2) is 35.2 Å². The van der Waals surface area contributed by atoms with Crippen molar-refractivity contribution in [2.24, 2.45) is 5.73 Å². The summed E-state index contributed by atoms with van der Waals surface area (Å²) in [5.74, 6) is -0.400. The van der Waals surface area contributed by atoms with E-state index in [9.17, 15) is 18.0 Å². The third kappa shape index (κ3) is 3.27. The third-order valence-electron chi connectivity index (χ3n) is 2.35. The quantitative estimate of drug-likeness (QED) is 0.772. The Morgan fingerprint density at radius 2 is 2.27 bits per heavy atom. The van der Waals surface area contributed by atoms with Crippen LogP contribution in [0.1, 0.15) is 13.3 Å². The average Bonchev–Trinajstić information content (AvgIpc) is 2.44. The highest BCUT2D eigenvalue weighted by Gasteiger charge is 2.45. The molecule has 2 unspecified atom stereocenters. The van der Waals surface area contributed by atoms with Gasteiger partial charge in [-0.2, -0.15) is 24.9 Å². The molecule has 3 N–H and O–H groups in total. The van der Waals surface area contributed by atoms with Crippen molar-refractivity contribution in [3.63, 3.8) is 0 Å². The van der Waals surface area contributed by atoms with Crippen LogP contribution >= 0.6 is 11.8 Å². The molecule has 0 aromatic heterocycles. The van der Waals surface area contributed by atoms with E-state index in [1.165, 1.54) is 11.8 Å². The fourth-order valence-electron chi connectivity index (χ4n) is 1.54. The first-order chi connectivity index (χ1) is 6.75. The van der Waals surface area contributed by atoms with Crippen LogP contribution in [0.2, 0.25) is 0 Å². The summed E-state index contributed by atoms with van der Waals surface area (Å²) in [6.07, 6.45) is -3.97. The number of thioether (sulfide) groups is 1. The lowest BCUT2D eigenvalue weighted by Crippen LogP contribution is -2.58. The molecule has 0 aromatic carbocycles. The summed E-state index contributed by atoms with van der Waals surface area (Å²) in [6, 6.07) is 0. The SMILES string of the molecule is CC1CC(NCC(F)(F)F)(C(N)=O)CS1. The minimum absolute atomic E-state index is 0.151. The molecule has 1 fully saturated rings. The topological polar surface area (TPSA) is 55.1 Å². The lowest BCUT2D eigenvalue weighted by Gasteiger charge is -2.26. The van der Waals surface area contributed by atoms with Gasteiger partial charge < -0.3 is 5.73 Å². The minimum atomic E-state index is -4.32. The Bertz CT molecular complexity index is 259. The molecule has 3 nitrogen and oxygen atoms in total. The number of carbonyl (C=O) groups excluding carboxylic acids is 1. The van der Waals surface area contributed by atoms with Gasteiger partial charge in [-0.1, -0.05) is 6.92 Å². The van der Waals surface area contributed by atoms with Crippen molar-refractivity contribution in [1.29, 1.82) is 0 Å². The monoisotopic (exact) mass is 242 g/mol. The molecular formula is C8H13F3N2OS. The van der Waals surface area contributed by atoms with Gasteiger partial charge in [-0.05, 0) is 6.42 Å². The van der Waals surface area contributed by atoms with E-state index >= 15 is 0 Å². The average molecular weight is 242 g/mol. The van der Waals surface area contributed by atoms with Gasteiger partial charge in [0.1, 0.15) is 5.54 Å². The third-order valence-corrected chi connectivity index (χ3v) is 3.74. The number of hydrogen-bond donors (Lipinski definition) is 2. The fourth-order valence-corrected chi connectivity index (χ4v) is 2.88. The van der Waals surface area contributed by atoms with E-state index in [2.05, 4.69) is 5.32 Å². The number of amides is 1. The number of hydrogen-bond acceptors (Lipinski definition) is 3. The van der Waals surface area contributed by atoms with Gasteiger partial charge in [0.15, 0.2) is 0 Å². The Morgan fingerprint density at radius 3 is 2.60 bits per heavy atom. The summed E-state index contributed by atoms with van der Waals surface area (Å²) >= 11 is 1.45. The molecule has 88 valence electrons. The molecule has 2 atom stereocenters. The van der Waals surface area contributed by atoms with E-state index < -0.39 is 24.2 Å². The van der Waals surface area contributed by atoms with Crippen molar-refractivity contribution in [3.05, 3.63) is 0 Å². The highest BCUT2D eigenvalue weighted by molar-refractivity contribution is 8.00. The van der Waals surface area contributed by atoms with Gasteiger partial charge in [0.2, 0.25) is 5.91 Å². The molecular weight excluding hydrogens is 229 g/mol. The van der Waals surface area contributed by atoms with E-state index in [-0.39, 0.29) is 5.25 Å². The summed E-state index contributed by atoms with van der Waals surface area (Å²) in [4.78, 5) is 11.2. The molecule has 1 aliphatic heterocycles. The second kappa shape index (κ2) is 4.21. The fraction of sp³-hybridized carbons (Fsp3) is 0.875. The summed E-state index contributed by atoms with van der Waals surface area (Å²) in [7, 11) is 0. The van der Waals surface area contributed by atoms with Gasteiger partial charge in [-0.25, -0.2) is 0 Å². The zero-order chi connectivity index (χ0) is 11.7. The number of alkyl halides is 3. The molecule has 0 spiro atoms. The van der Waals surface area contributed by atoms with E-state index in [1.54, 1.807) is 0 Å². The molecule has 0 saturated carbocycles. The Kier molecular flexibility index (Phi) is 3.55. The molecule has 1 rings (SSSR count). The lowest BCUT2D eigenvalue weighted by atomic mass is 9.95. The summed E-state index contributed by atoms with van der Waals surface area (Å²) < 4.78 is 36.1. The zero-order valence-electron chi connectivity index (χ0n) is 8.23. The maximum absolute atomic E-state index is 12.0. The number of halogens is 3. The molecule has 1 heterocycles. The largest absolute Gasteiger partial charge is 0.401 e. The highest BCUT2D eigenvalue weighted by Crippen LogP contribution is 2.34. The molecule has 0 bridgehead atoms. The van der Waals surface area contributed by atoms with Crippen LogP contribution in [0.5, 0.6) is 0 Å². The molecule has 7 heteroatoms. The maximum atomic E-state index is 12.0. The zero-order valence-corrected chi connectivity index (χ0v) is 9.04. The summed E-state index contributed by atoms with van der Waals surface area (Å²) in [5.41, 5.74) is 3.95. The normalized spacial score (nSPS) is 31.9. The predicted molar refractivity (Wildman–Crippen MR) is 52.5 cm³/mol. The van der Waals surface area contributed by atoms with Gasteiger partial charge >= 0.3 is 6.18 Å². The first-order valence-corrected chi connectivity index (χ1v) is 5.53. The summed E-state index contributed by atoms with van der Waals surface area (Å²) in [6.45, 7) is 0.688. The number of nitrogens with one attached hydrogen (secondary N) is 1. The number of primary amides is 1. The molecule has 0 aliphatic carbocycles. The van der Waals surface area contributed by atoms with Crippen LogP contribution in [0, 0.1) is 0 Å². The molecule has 15 heavy (non-hydrogen) atoms. The Balaban J connectivity index is 2.64. The van der Waals surface area contributed by atoms with Crippen molar-refractivity contribution in [2.45, 2.75) is 30.3 Å². The lowest BCUT2D eigenvalue weighted by molar-refractivity contribution is -0.135. The Hall–Kier alpha value is -0.430. The first-order valence-electron chi connectivity index (χ1n) is 4.48. The van der Waals surface area contributed by atoms with Crippen molar-refractivity contribution in [1.82, 2.24) is 5.32 Å². The molecule has 1 aliphatic rings. The van der Waals surface area contributed by atoms with Crippen molar-refractivity contribution in [3.8, 4) is 0 Å². The van der Waals surface area contributed by atoms with Crippen LogP contribution in [0.15, 0.2) is 0 Å². The second-order valence-corrected chi connectivity index (χ2v) is 5.17. The van der Waals surface area contributed by atoms with E-state index in [4.69, 9.17) is 5.73 Å². The van der Waals surface area contributed by atoms with E-state index in [1.807, 2.05) is 6.92 Å². The highest BCUT2D eigenvalue weighted by atomic mass is 32.2. The van der Waals surface area contributed by atoms with Gasteiger partial charge in [-0.15, -0.1) is 0 Å². The standard InChI is InChI=1S/C8H13F3N2OS/c1-5-2-7(4-15-5,6(12)14)13-3-8(9,10)11/h5,13H,2-4H2,1H3,(H2,12,14). The van der Waals surface area contributed by atoms with Crippen molar-refractivity contribution >= 4 is 17.7 Å².